The number of thioether (sulfide) groups is 1. The van der Waals surface area contributed by atoms with E-state index in [0.29, 0.717) is 28.5 Å². The minimum atomic E-state index is -0.335. The molecule has 0 saturated heterocycles. The number of rotatable bonds is 7. The summed E-state index contributed by atoms with van der Waals surface area (Å²) in [6, 6.07) is 17.3. The van der Waals surface area contributed by atoms with Crippen LogP contribution in [-0.2, 0) is 15.3 Å². The number of fused-ring (bicyclic) bond motifs is 3. The number of anilines is 3. The number of nitrogens with one attached hydrogen (secondary N) is 2. The van der Waals surface area contributed by atoms with Crippen molar-refractivity contribution in [3.05, 3.63) is 65.0 Å². The van der Waals surface area contributed by atoms with Gasteiger partial charge in [0.1, 0.15) is 6.42 Å². The normalized spacial score (nSPS) is 13.1. The molecule has 8 nitrogen and oxygen atoms in total. The number of carbonyl (C=O) groups is 2. The number of hydrogen-bond donors (Lipinski definition) is 2. The molecule has 0 unspecified atom stereocenters. The molecule has 0 atom stereocenters. The van der Waals surface area contributed by atoms with Crippen molar-refractivity contribution in [2.75, 3.05) is 36.1 Å². The van der Waals surface area contributed by atoms with Gasteiger partial charge in [-0.15, -0.1) is 0 Å². The Bertz CT molecular complexity index is 1520. The summed E-state index contributed by atoms with van der Waals surface area (Å²) in [5.41, 5.74) is 3.74. The van der Waals surface area contributed by atoms with Gasteiger partial charge < -0.3 is 14.7 Å². The third kappa shape index (κ3) is 6.58. The van der Waals surface area contributed by atoms with Gasteiger partial charge in [-0.2, -0.15) is 11.8 Å². The minimum absolute atomic E-state index is 0.170. The molecule has 0 bridgehead atoms. The Morgan fingerprint density at radius 1 is 1.05 bits per heavy atom. The summed E-state index contributed by atoms with van der Waals surface area (Å²) in [6.45, 7) is 10.1. The molecule has 2 heterocycles. The van der Waals surface area contributed by atoms with Crippen molar-refractivity contribution >= 4 is 63.6 Å². The summed E-state index contributed by atoms with van der Waals surface area (Å²) in [5, 5.41) is 8.78. The maximum absolute atomic E-state index is 13.1. The van der Waals surface area contributed by atoms with Gasteiger partial charge in [0, 0.05) is 22.4 Å². The van der Waals surface area contributed by atoms with Crippen LogP contribution < -0.4 is 10.2 Å². The summed E-state index contributed by atoms with van der Waals surface area (Å²) < 4.78 is 4.97. The zero-order chi connectivity index (χ0) is 27.9. The molecule has 0 radical (unpaired) electrons. The van der Waals surface area contributed by atoms with E-state index in [1.54, 1.807) is 16.7 Å². The van der Waals surface area contributed by atoms with Crippen LogP contribution in [0.1, 0.15) is 32.8 Å². The van der Waals surface area contributed by atoms with E-state index < -0.39 is 0 Å². The lowest BCUT2D eigenvalue weighted by molar-refractivity contribution is -0.124. The van der Waals surface area contributed by atoms with Crippen LogP contribution in [0.15, 0.2) is 59.1 Å². The fourth-order valence-corrected chi connectivity index (χ4v) is 5.21. The van der Waals surface area contributed by atoms with Gasteiger partial charge in [0.05, 0.1) is 11.4 Å². The summed E-state index contributed by atoms with van der Waals surface area (Å²) in [5.74, 6) is 0.676. The second kappa shape index (κ2) is 13.1. The molecular weight excluding hydrogens is 530 g/mol. The van der Waals surface area contributed by atoms with Gasteiger partial charge in [-0.25, -0.2) is 0 Å². The Kier molecular flexibility index (Phi) is 9.55. The molecule has 0 saturated carbocycles. The van der Waals surface area contributed by atoms with E-state index >= 15 is 0 Å². The number of hydrogen-bond acceptors (Lipinski definition) is 7. The number of aromatic nitrogens is 2. The summed E-state index contributed by atoms with van der Waals surface area (Å²) in [7, 11) is 0. The maximum atomic E-state index is 13.1. The molecule has 0 spiro atoms. The fraction of sp³-hybridized carbons (Fsp3) is 0.310. The van der Waals surface area contributed by atoms with E-state index in [0.717, 1.165) is 22.1 Å². The van der Waals surface area contributed by atoms with Crippen molar-refractivity contribution in [2.45, 2.75) is 32.9 Å². The molecule has 2 amide bonds. The largest absolute Gasteiger partial charge is 0.324 e. The third-order valence-electron chi connectivity index (χ3n) is 6.60. The average Bonchev–Trinajstić information content (AvgIpc) is 3.32. The van der Waals surface area contributed by atoms with Gasteiger partial charge in [0.2, 0.25) is 11.8 Å². The molecule has 0 aliphatic carbocycles. The van der Waals surface area contributed by atoms with E-state index in [4.69, 9.17) is 16.7 Å². The highest BCUT2D eigenvalue weighted by molar-refractivity contribution is 7.97. The second-order valence-corrected chi connectivity index (χ2v) is 10.3. The highest BCUT2D eigenvalue weighted by Crippen LogP contribution is 2.41. The number of amides is 2. The van der Waals surface area contributed by atoms with Crippen molar-refractivity contribution < 1.29 is 14.1 Å². The van der Waals surface area contributed by atoms with Crippen LogP contribution in [-0.4, -0.2) is 52.7 Å². The quantitative estimate of drug-likeness (QED) is 0.189. The number of benzene rings is 3. The molecule has 1 aliphatic rings. The number of aromatic amines is 1. The molecule has 204 valence electrons. The standard InChI is InChI=1S/C23H18N4O3S2.C6H15N/c1-32-12-13-5-6-14-7-8-18-21(17(14)9-13)24-19(28)11-20(29)27(18)16-4-2-3-15(10-16)22-25-23(31)30-26-22;1-4-7(5-2)6-3/h2-10H,11-12H2,1H3,(H,24,28)(H,25,26,31);4-6H2,1-3H3. The van der Waals surface area contributed by atoms with E-state index in [2.05, 4.69) is 53.3 Å². The molecule has 39 heavy (non-hydrogen) atoms. The Morgan fingerprint density at radius 2 is 1.79 bits per heavy atom. The van der Waals surface area contributed by atoms with Gasteiger partial charge in [-0.1, -0.05) is 56.3 Å². The number of nitrogens with zero attached hydrogens (tertiary/aromatic N) is 3. The van der Waals surface area contributed by atoms with E-state index in [-0.39, 0.29) is 23.1 Å². The molecule has 4 aromatic rings. The molecule has 3 aromatic carbocycles. The smallest absolute Gasteiger partial charge is 0.295 e. The lowest BCUT2D eigenvalue weighted by Gasteiger charge is -2.24. The molecular formula is C29H33N5O3S2. The van der Waals surface area contributed by atoms with Gasteiger partial charge in [-0.05, 0) is 73.3 Å². The van der Waals surface area contributed by atoms with Crippen LogP contribution >= 0.6 is 24.0 Å². The minimum Gasteiger partial charge on any atom is -0.324 e. The predicted octanol–water partition coefficient (Wildman–Crippen LogP) is 6.77. The average molecular weight is 564 g/mol. The van der Waals surface area contributed by atoms with Gasteiger partial charge in [0.25, 0.3) is 4.84 Å². The van der Waals surface area contributed by atoms with E-state index in [1.807, 2.05) is 48.7 Å². The fourth-order valence-electron chi connectivity index (χ4n) is 4.56. The third-order valence-corrected chi connectivity index (χ3v) is 7.40. The first-order valence-corrected chi connectivity index (χ1v) is 14.7. The molecule has 5 rings (SSSR count). The zero-order valence-electron chi connectivity index (χ0n) is 22.6. The van der Waals surface area contributed by atoms with Crippen LogP contribution in [0.5, 0.6) is 0 Å². The van der Waals surface area contributed by atoms with Crippen molar-refractivity contribution in [2.24, 2.45) is 0 Å². The van der Waals surface area contributed by atoms with Crippen LogP contribution in [0.4, 0.5) is 17.1 Å². The Morgan fingerprint density at radius 3 is 2.44 bits per heavy atom. The molecule has 10 heteroatoms. The predicted molar refractivity (Wildman–Crippen MR) is 162 cm³/mol. The van der Waals surface area contributed by atoms with Crippen LogP contribution in [0, 0.1) is 4.84 Å². The van der Waals surface area contributed by atoms with Crippen molar-refractivity contribution in [1.82, 2.24) is 15.0 Å². The van der Waals surface area contributed by atoms with Gasteiger partial charge in [-0.3, -0.25) is 19.5 Å². The highest BCUT2D eigenvalue weighted by atomic mass is 32.2. The lowest BCUT2D eigenvalue weighted by Crippen LogP contribution is -2.26. The van der Waals surface area contributed by atoms with Gasteiger partial charge >= 0.3 is 0 Å². The van der Waals surface area contributed by atoms with Crippen molar-refractivity contribution in [1.29, 1.82) is 0 Å². The van der Waals surface area contributed by atoms with Gasteiger partial charge in [0.15, 0.2) is 5.82 Å². The Hall–Kier alpha value is -3.47. The summed E-state index contributed by atoms with van der Waals surface area (Å²) in [4.78, 5) is 32.7. The molecule has 2 N–H and O–H groups in total. The Balaban J connectivity index is 0.000000448. The van der Waals surface area contributed by atoms with Crippen molar-refractivity contribution in [3.8, 4) is 11.4 Å². The van der Waals surface area contributed by atoms with Crippen LogP contribution in [0.25, 0.3) is 22.2 Å². The molecule has 0 fully saturated rings. The maximum Gasteiger partial charge on any atom is 0.295 e. The van der Waals surface area contributed by atoms with Crippen molar-refractivity contribution in [3.63, 3.8) is 0 Å². The van der Waals surface area contributed by atoms with E-state index in [1.165, 1.54) is 19.6 Å². The number of H-pyrrole nitrogens is 1. The lowest BCUT2D eigenvalue weighted by atomic mass is 10.0. The highest BCUT2D eigenvalue weighted by Gasteiger charge is 2.29. The first-order chi connectivity index (χ1) is 18.9. The molecule has 1 aliphatic heterocycles. The van der Waals surface area contributed by atoms with Crippen LogP contribution in [0.2, 0.25) is 0 Å². The summed E-state index contributed by atoms with van der Waals surface area (Å²) >= 11 is 6.70. The topological polar surface area (TPSA) is 94.5 Å². The summed E-state index contributed by atoms with van der Waals surface area (Å²) in [6.07, 6.45) is 1.80. The second-order valence-electron chi connectivity index (χ2n) is 9.02. The first-order valence-electron chi connectivity index (χ1n) is 12.9. The first kappa shape index (κ1) is 28.5. The SMILES string of the molecule is CCN(CC)CC.CSCc1ccc2ccc3c(c2c1)NC(=O)CC(=O)N3c1cccc(-c2noc(=S)[nH]2)c1. The number of carbonyl (C=O) groups excluding carboxylic acids is 2. The van der Waals surface area contributed by atoms with Crippen LogP contribution in [0.3, 0.4) is 0 Å². The van der Waals surface area contributed by atoms with E-state index in [9.17, 15) is 9.59 Å². The monoisotopic (exact) mass is 563 g/mol. The molecule has 1 aromatic heterocycles. The Labute approximate surface area is 237 Å². The zero-order valence-corrected chi connectivity index (χ0v) is 24.2.